The molecule has 1 aliphatic heterocycles. The first kappa shape index (κ1) is 24.1. The van der Waals surface area contributed by atoms with Gasteiger partial charge in [0.05, 0.1) is 16.6 Å². The van der Waals surface area contributed by atoms with E-state index in [4.69, 9.17) is 28.2 Å². The van der Waals surface area contributed by atoms with Crippen LogP contribution < -0.4 is 16.1 Å². The summed E-state index contributed by atoms with van der Waals surface area (Å²) < 4.78 is 4.36. The van der Waals surface area contributed by atoms with Gasteiger partial charge in [-0.2, -0.15) is 4.98 Å². The van der Waals surface area contributed by atoms with Crippen LogP contribution in [-0.4, -0.2) is 55.7 Å². The molecule has 3 heterocycles. The van der Waals surface area contributed by atoms with Crippen LogP contribution in [0.2, 0.25) is 10.0 Å². The van der Waals surface area contributed by atoms with Crippen LogP contribution in [0.3, 0.4) is 0 Å². The van der Waals surface area contributed by atoms with Gasteiger partial charge in [0.1, 0.15) is 0 Å². The van der Waals surface area contributed by atoms with Crippen LogP contribution in [0.15, 0.2) is 58.1 Å². The molecule has 5 rings (SSSR count). The summed E-state index contributed by atoms with van der Waals surface area (Å²) in [5, 5.41) is 0.735. The van der Waals surface area contributed by atoms with E-state index in [0.29, 0.717) is 65.4 Å². The maximum Gasteiger partial charge on any atom is 0.332 e. The van der Waals surface area contributed by atoms with Crippen molar-refractivity contribution in [3.8, 4) is 0 Å². The largest absolute Gasteiger partial charge is 0.339 e. The average molecular weight is 527 g/mol. The fraction of sp³-hybridized carbons (Fsp3) is 0.280. The van der Waals surface area contributed by atoms with Crippen molar-refractivity contribution in [1.82, 2.24) is 23.6 Å². The maximum atomic E-state index is 13.2. The molecule has 2 aromatic heterocycles. The van der Waals surface area contributed by atoms with Crippen LogP contribution in [-0.2, 0) is 20.6 Å². The van der Waals surface area contributed by atoms with Gasteiger partial charge in [0.2, 0.25) is 5.95 Å². The summed E-state index contributed by atoms with van der Waals surface area (Å²) >= 11 is 12.1. The summed E-state index contributed by atoms with van der Waals surface area (Å²) in [6, 6.07) is 14.6. The number of carbonyl (C=O) groups excluding carboxylic acids is 1. The normalized spacial score (nSPS) is 14.0. The molecule has 0 atom stereocenters. The molecule has 1 aliphatic rings. The lowest BCUT2D eigenvalue weighted by atomic mass is 10.2. The first-order valence-electron chi connectivity index (χ1n) is 11.5. The van der Waals surface area contributed by atoms with Crippen molar-refractivity contribution >= 4 is 46.2 Å². The average Bonchev–Trinajstić information content (AvgIpc) is 3.27. The zero-order valence-electron chi connectivity index (χ0n) is 19.8. The molecular formula is C25H24Cl2N6O3. The van der Waals surface area contributed by atoms with Crippen molar-refractivity contribution in [3.05, 3.63) is 90.5 Å². The van der Waals surface area contributed by atoms with E-state index in [1.54, 1.807) is 30.1 Å². The van der Waals surface area contributed by atoms with E-state index in [2.05, 4.69) is 0 Å². The fourth-order valence-electron chi connectivity index (χ4n) is 4.51. The lowest BCUT2D eigenvalue weighted by Gasteiger charge is -2.35. The van der Waals surface area contributed by atoms with Crippen molar-refractivity contribution in [2.45, 2.75) is 6.54 Å². The number of piperazine rings is 1. The number of anilines is 1. The SMILES string of the molecule is Cn1c(=O)c2c(nc(N3CCN(C(=O)c4ccc(Cl)c(Cl)c4)CC3)n2Cc2ccccc2)n(C)c1=O. The van der Waals surface area contributed by atoms with Gasteiger partial charge in [-0.25, -0.2) is 4.79 Å². The quantitative estimate of drug-likeness (QED) is 0.408. The predicted octanol–water partition coefficient (Wildman–Crippen LogP) is 2.75. The van der Waals surface area contributed by atoms with E-state index >= 15 is 0 Å². The summed E-state index contributed by atoms with van der Waals surface area (Å²) in [6.45, 7) is 2.37. The Morgan fingerprint density at radius 3 is 2.28 bits per heavy atom. The Morgan fingerprint density at radius 2 is 1.61 bits per heavy atom. The molecule has 0 radical (unpaired) electrons. The van der Waals surface area contributed by atoms with Gasteiger partial charge >= 0.3 is 5.69 Å². The molecule has 0 aliphatic carbocycles. The third kappa shape index (κ3) is 4.18. The molecule has 2 aromatic carbocycles. The van der Waals surface area contributed by atoms with Crippen molar-refractivity contribution in [1.29, 1.82) is 0 Å². The van der Waals surface area contributed by atoms with Gasteiger partial charge in [-0.15, -0.1) is 0 Å². The topological polar surface area (TPSA) is 85.4 Å². The Kier molecular flexibility index (Phi) is 6.36. The van der Waals surface area contributed by atoms with Crippen molar-refractivity contribution in [3.63, 3.8) is 0 Å². The number of aryl methyl sites for hydroxylation is 1. The van der Waals surface area contributed by atoms with Crippen molar-refractivity contribution in [2.75, 3.05) is 31.1 Å². The number of imidazole rings is 1. The van der Waals surface area contributed by atoms with E-state index in [-0.39, 0.29) is 5.91 Å². The molecule has 4 aromatic rings. The third-order valence-corrected chi connectivity index (χ3v) is 7.27. The summed E-state index contributed by atoms with van der Waals surface area (Å²) in [7, 11) is 3.08. The highest BCUT2D eigenvalue weighted by atomic mass is 35.5. The first-order chi connectivity index (χ1) is 17.3. The van der Waals surface area contributed by atoms with Gasteiger partial charge in [0, 0.05) is 45.8 Å². The minimum Gasteiger partial charge on any atom is -0.339 e. The molecule has 36 heavy (non-hydrogen) atoms. The number of carbonyl (C=O) groups is 1. The summed E-state index contributed by atoms with van der Waals surface area (Å²) in [6.07, 6.45) is 0. The van der Waals surface area contributed by atoms with Crippen LogP contribution in [0.25, 0.3) is 11.2 Å². The van der Waals surface area contributed by atoms with Crippen LogP contribution in [0.1, 0.15) is 15.9 Å². The van der Waals surface area contributed by atoms with Crippen LogP contribution in [0.4, 0.5) is 5.95 Å². The fourth-order valence-corrected chi connectivity index (χ4v) is 4.81. The second-order valence-electron chi connectivity index (χ2n) is 8.77. The first-order valence-corrected chi connectivity index (χ1v) is 12.2. The minimum absolute atomic E-state index is 0.123. The molecule has 9 nitrogen and oxygen atoms in total. The summed E-state index contributed by atoms with van der Waals surface area (Å²) in [4.78, 5) is 47.3. The van der Waals surface area contributed by atoms with Gasteiger partial charge in [-0.05, 0) is 23.8 Å². The standard InChI is InChI=1S/C25H24Cl2N6O3/c1-29-21-20(23(35)30(2)25(29)36)33(15-16-6-4-3-5-7-16)24(28-21)32-12-10-31(11-13-32)22(34)17-8-9-18(26)19(27)14-17/h3-9,14H,10-13,15H2,1-2H3. The molecule has 0 spiro atoms. The van der Waals surface area contributed by atoms with Gasteiger partial charge in [-0.3, -0.25) is 23.3 Å². The minimum atomic E-state index is -0.430. The molecule has 0 bridgehead atoms. The number of hydrogen-bond acceptors (Lipinski definition) is 5. The van der Waals surface area contributed by atoms with E-state index in [1.165, 1.54) is 11.6 Å². The molecule has 0 saturated carbocycles. The number of aromatic nitrogens is 4. The van der Waals surface area contributed by atoms with Gasteiger partial charge in [0.15, 0.2) is 11.2 Å². The van der Waals surface area contributed by atoms with Crippen molar-refractivity contribution < 1.29 is 4.79 Å². The third-order valence-electron chi connectivity index (χ3n) is 6.53. The molecule has 1 amide bonds. The molecule has 186 valence electrons. The second kappa shape index (κ2) is 9.48. The molecule has 1 fully saturated rings. The molecule has 0 unspecified atom stereocenters. The highest BCUT2D eigenvalue weighted by Crippen LogP contribution is 2.25. The monoisotopic (exact) mass is 526 g/mol. The number of benzene rings is 2. The van der Waals surface area contributed by atoms with Gasteiger partial charge in [-0.1, -0.05) is 53.5 Å². The highest BCUT2D eigenvalue weighted by molar-refractivity contribution is 6.42. The summed E-state index contributed by atoms with van der Waals surface area (Å²) in [5.41, 5.74) is 1.36. The van der Waals surface area contributed by atoms with E-state index in [9.17, 15) is 14.4 Å². The Hall–Kier alpha value is -3.56. The van der Waals surface area contributed by atoms with E-state index in [0.717, 1.165) is 10.1 Å². The van der Waals surface area contributed by atoms with E-state index in [1.807, 2.05) is 39.8 Å². The molecule has 0 N–H and O–H groups in total. The Bertz CT molecular complexity index is 1580. The molecule has 1 saturated heterocycles. The van der Waals surface area contributed by atoms with Crippen LogP contribution >= 0.6 is 23.2 Å². The van der Waals surface area contributed by atoms with Gasteiger partial charge in [0.25, 0.3) is 11.5 Å². The molecular weight excluding hydrogens is 503 g/mol. The summed E-state index contributed by atoms with van der Waals surface area (Å²) in [5.74, 6) is 0.469. The van der Waals surface area contributed by atoms with Crippen molar-refractivity contribution in [2.24, 2.45) is 14.1 Å². The number of amides is 1. The van der Waals surface area contributed by atoms with E-state index < -0.39 is 11.2 Å². The maximum absolute atomic E-state index is 13.2. The Balaban J connectivity index is 1.49. The van der Waals surface area contributed by atoms with Crippen LogP contribution in [0, 0.1) is 0 Å². The highest BCUT2D eigenvalue weighted by Gasteiger charge is 2.28. The zero-order chi connectivity index (χ0) is 25.6. The zero-order valence-corrected chi connectivity index (χ0v) is 21.3. The lowest BCUT2D eigenvalue weighted by molar-refractivity contribution is 0.0746. The Morgan fingerprint density at radius 1 is 0.917 bits per heavy atom. The van der Waals surface area contributed by atoms with Crippen LogP contribution in [0.5, 0.6) is 0 Å². The lowest BCUT2D eigenvalue weighted by Crippen LogP contribution is -2.49. The van der Waals surface area contributed by atoms with Gasteiger partial charge < -0.3 is 9.80 Å². The number of fused-ring (bicyclic) bond motifs is 1. The Labute approximate surface area is 216 Å². The number of hydrogen-bond donors (Lipinski definition) is 0. The number of halogens is 2. The predicted molar refractivity (Wildman–Crippen MR) is 140 cm³/mol. The number of nitrogens with zero attached hydrogens (tertiary/aromatic N) is 6. The smallest absolute Gasteiger partial charge is 0.332 e. The molecule has 11 heteroatoms. The number of rotatable bonds is 4. The second-order valence-corrected chi connectivity index (χ2v) is 9.58.